The van der Waals surface area contributed by atoms with Gasteiger partial charge >= 0.3 is 0 Å². The SMILES string of the molecule is CN=C(NCc1cc(OC)c(O)c(OC)c1)N1CCN(C2CC2)C(=O)C1.I. The fourth-order valence-corrected chi connectivity index (χ4v) is 3.20. The highest BCUT2D eigenvalue weighted by Gasteiger charge is 2.36. The van der Waals surface area contributed by atoms with E-state index in [0.717, 1.165) is 31.5 Å². The molecule has 1 aliphatic carbocycles. The van der Waals surface area contributed by atoms with Crippen LogP contribution in [0.5, 0.6) is 17.2 Å². The van der Waals surface area contributed by atoms with E-state index >= 15 is 0 Å². The first-order chi connectivity index (χ1) is 12.6. The largest absolute Gasteiger partial charge is 0.502 e. The Morgan fingerprint density at radius 2 is 1.89 bits per heavy atom. The van der Waals surface area contributed by atoms with E-state index in [-0.39, 0.29) is 35.6 Å². The number of aliphatic imine (C=N–C) groups is 1. The third kappa shape index (κ3) is 4.88. The molecule has 9 heteroatoms. The van der Waals surface area contributed by atoms with Crippen LogP contribution in [-0.4, -0.2) is 73.7 Å². The maximum absolute atomic E-state index is 12.3. The molecule has 0 spiro atoms. The second kappa shape index (κ2) is 9.34. The number of guanidine groups is 1. The van der Waals surface area contributed by atoms with E-state index in [1.165, 1.54) is 14.2 Å². The highest BCUT2D eigenvalue weighted by Crippen LogP contribution is 2.37. The van der Waals surface area contributed by atoms with Gasteiger partial charge in [0.15, 0.2) is 17.5 Å². The number of carbonyl (C=O) groups is 1. The molecule has 0 aromatic heterocycles. The van der Waals surface area contributed by atoms with Crippen LogP contribution in [0, 0.1) is 0 Å². The minimum atomic E-state index is -0.0232. The van der Waals surface area contributed by atoms with E-state index in [4.69, 9.17) is 9.47 Å². The molecule has 0 radical (unpaired) electrons. The van der Waals surface area contributed by atoms with Crippen LogP contribution in [0.3, 0.4) is 0 Å². The number of phenolic OH excluding ortho intramolecular Hbond substituents is 1. The summed E-state index contributed by atoms with van der Waals surface area (Å²) in [6.45, 7) is 2.32. The summed E-state index contributed by atoms with van der Waals surface area (Å²) in [6.07, 6.45) is 2.26. The summed E-state index contributed by atoms with van der Waals surface area (Å²) in [5.41, 5.74) is 0.876. The normalized spacial score (nSPS) is 17.4. The van der Waals surface area contributed by atoms with Gasteiger partial charge in [-0.2, -0.15) is 0 Å². The zero-order valence-electron chi connectivity index (χ0n) is 15.9. The molecule has 2 fully saturated rings. The Labute approximate surface area is 176 Å². The van der Waals surface area contributed by atoms with Gasteiger partial charge in [-0.3, -0.25) is 9.79 Å². The second-order valence-corrected chi connectivity index (χ2v) is 6.49. The number of amides is 1. The van der Waals surface area contributed by atoms with Crippen molar-refractivity contribution >= 4 is 35.8 Å². The maximum Gasteiger partial charge on any atom is 0.242 e. The van der Waals surface area contributed by atoms with Crippen molar-refractivity contribution in [3.8, 4) is 17.2 Å². The third-order valence-corrected chi connectivity index (χ3v) is 4.75. The van der Waals surface area contributed by atoms with Gasteiger partial charge in [0.2, 0.25) is 11.7 Å². The number of piperazine rings is 1. The first kappa shape index (κ1) is 21.4. The van der Waals surface area contributed by atoms with Gasteiger partial charge in [-0.15, -0.1) is 24.0 Å². The predicted molar refractivity (Wildman–Crippen MR) is 113 cm³/mol. The van der Waals surface area contributed by atoms with E-state index in [0.29, 0.717) is 36.6 Å². The molecule has 1 aromatic rings. The molecule has 1 amide bonds. The number of nitrogens with zero attached hydrogens (tertiary/aromatic N) is 3. The van der Waals surface area contributed by atoms with Crippen molar-refractivity contribution < 1.29 is 19.4 Å². The second-order valence-electron chi connectivity index (χ2n) is 6.49. The van der Waals surface area contributed by atoms with Crippen LogP contribution in [0.4, 0.5) is 0 Å². The number of phenols is 1. The number of halogens is 1. The lowest BCUT2D eigenvalue weighted by molar-refractivity contribution is -0.135. The van der Waals surface area contributed by atoms with Crippen LogP contribution >= 0.6 is 24.0 Å². The summed E-state index contributed by atoms with van der Waals surface area (Å²) in [5.74, 6) is 1.52. The van der Waals surface area contributed by atoms with E-state index in [1.807, 2.05) is 9.80 Å². The Kier molecular flexibility index (Phi) is 7.40. The molecule has 1 aliphatic heterocycles. The number of ether oxygens (including phenoxy) is 2. The van der Waals surface area contributed by atoms with Crippen LogP contribution in [0.25, 0.3) is 0 Å². The summed E-state index contributed by atoms with van der Waals surface area (Å²) in [6, 6.07) is 3.94. The highest BCUT2D eigenvalue weighted by atomic mass is 127. The van der Waals surface area contributed by atoms with Crippen molar-refractivity contribution in [1.82, 2.24) is 15.1 Å². The van der Waals surface area contributed by atoms with Gasteiger partial charge in [-0.1, -0.05) is 0 Å². The predicted octanol–water partition coefficient (Wildman–Crippen LogP) is 1.41. The maximum atomic E-state index is 12.3. The topological polar surface area (TPSA) is 86.6 Å². The average Bonchev–Trinajstić information content (AvgIpc) is 3.48. The molecule has 1 saturated heterocycles. The summed E-state index contributed by atoms with van der Waals surface area (Å²) < 4.78 is 10.4. The molecule has 3 rings (SSSR count). The number of methoxy groups -OCH3 is 2. The minimum Gasteiger partial charge on any atom is -0.502 e. The molecule has 2 aliphatic rings. The number of hydrogen-bond donors (Lipinski definition) is 2. The first-order valence-corrected chi connectivity index (χ1v) is 8.76. The molecule has 8 nitrogen and oxygen atoms in total. The smallest absolute Gasteiger partial charge is 0.242 e. The minimum absolute atomic E-state index is 0. The number of nitrogens with one attached hydrogen (secondary N) is 1. The van der Waals surface area contributed by atoms with Crippen molar-refractivity contribution in [2.45, 2.75) is 25.4 Å². The Morgan fingerprint density at radius 1 is 1.26 bits per heavy atom. The van der Waals surface area contributed by atoms with Crippen molar-refractivity contribution in [2.75, 3.05) is 40.9 Å². The number of benzene rings is 1. The molecule has 1 heterocycles. The molecule has 0 atom stereocenters. The van der Waals surface area contributed by atoms with E-state index in [9.17, 15) is 9.90 Å². The van der Waals surface area contributed by atoms with E-state index in [2.05, 4.69) is 10.3 Å². The average molecular weight is 490 g/mol. The van der Waals surface area contributed by atoms with Gasteiger partial charge < -0.3 is 29.7 Å². The molecule has 2 N–H and O–H groups in total. The van der Waals surface area contributed by atoms with Crippen molar-refractivity contribution in [2.24, 2.45) is 4.99 Å². The Morgan fingerprint density at radius 3 is 2.37 bits per heavy atom. The van der Waals surface area contributed by atoms with Crippen LogP contribution in [0.1, 0.15) is 18.4 Å². The van der Waals surface area contributed by atoms with Crippen molar-refractivity contribution in [3.05, 3.63) is 17.7 Å². The molecule has 27 heavy (non-hydrogen) atoms. The summed E-state index contributed by atoms with van der Waals surface area (Å²) in [4.78, 5) is 20.6. The lowest BCUT2D eigenvalue weighted by atomic mass is 10.2. The van der Waals surface area contributed by atoms with Gasteiger partial charge in [-0.05, 0) is 30.5 Å². The summed E-state index contributed by atoms with van der Waals surface area (Å²) in [7, 11) is 4.70. The van der Waals surface area contributed by atoms with Gasteiger partial charge in [0.25, 0.3) is 0 Å². The summed E-state index contributed by atoms with van der Waals surface area (Å²) in [5, 5.41) is 13.3. The van der Waals surface area contributed by atoms with Crippen molar-refractivity contribution in [3.63, 3.8) is 0 Å². The van der Waals surface area contributed by atoms with Crippen LogP contribution in [-0.2, 0) is 11.3 Å². The fourth-order valence-electron chi connectivity index (χ4n) is 3.20. The van der Waals surface area contributed by atoms with E-state index in [1.54, 1.807) is 19.2 Å². The zero-order chi connectivity index (χ0) is 18.7. The first-order valence-electron chi connectivity index (χ1n) is 8.76. The van der Waals surface area contributed by atoms with Gasteiger partial charge in [0, 0.05) is 32.7 Å². The van der Waals surface area contributed by atoms with Crippen LogP contribution in [0.2, 0.25) is 0 Å². The Balaban J connectivity index is 0.00000261. The Bertz CT molecular complexity index is 684. The molecule has 1 aromatic carbocycles. The van der Waals surface area contributed by atoms with Gasteiger partial charge in [0.1, 0.15) is 0 Å². The zero-order valence-corrected chi connectivity index (χ0v) is 18.2. The number of hydrogen-bond acceptors (Lipinski definition) is 5. The molecule has 1 saturated carbocycles. The Hall–Kier alpha value is -1.91. The molecule has 150 valence electrons. The lowest BCUT2D eigenvalue weighted by Crippen LogP contribution is -2.55. The lowest BCUT2D eigenvalue weighted by Gasteiger charge is -2.36. The molecular weight excluding hydrogens is 463 g/mol. The monoisotopic (exact) mass is 490 g/mol. The highest BCUT2D eigenvalue weighted by molar-refractivity contribution is 14.0. The summed E-state index contributed by atoms with van der Waals surface area (Å²) >= 11 is 0. The quantitative estimate of drug-likeness (QED) is 0.369. The number of aromatic hydroxyl groups is 1. The molecular formula is C18H27IN4O4. The number of rotatable bonds is 5. The third-order valence-electron chi connectivity index (χ3n) is 4.75. The van der Waals surface area contributed by atoms with E-state index < -0.39 is 0 Å². The molecule has 0 bridgehead atoms. The van der Waals surface area contributed by atoms with Gasteiger partial charge in [-0.25, -0.2) is 0 Å². The van der Waals surface area contributed by atoms with Crippen LogP contribution in [0.15, 0.2) is 17.1 Å². The van der Waals surface area contributed by atoms with Crippen LogP contribution < -0.4 is 14.8 Å². The van der Waals surface area contributed by atoms with Crippen molar-refractivity contribution in [1.29, 1.82) is 0 Å². The molecule has 0 unspecified atom stereocenters. The standard InChI is InChI=1S/C18H26N4O4.HI/c1-19-18(21-6-7-22(13-4-5-13)16(23)11-21)20-10-12-8-14(25-2)17(24)15(9-12)26-3;/h8-9,13,24H,4-7,10-11H2,1-3H3,(H,19,20);1H. The fraction of sp³-hybridized carbons (Fsp3) is 0.556. The van der Waals surface area contributed by atoms with Gasteiger partial charge in [0.05, 0.1) is 20.8 Å². The number of carbonyl (C=O) groups excluding carboxylic acids is 1.